The molecular formula is C16H19Cl4N4O6P. The summed E-state index contributed by atoms with van der Waals surface area (Å²) in [7, 11) is 0. The lowest BCUT2D eigenvalue weighted by molar-refractivity contribution is -0.137. The van der Waals surface area contributed by atoms with E-state index in [2.05, 4.69) is 44.0 Å². The van der Waals surface area contributed by atoms with Crippen LogP contribution in [0, 0.1) is 0 Å². The van der Waals surface area contributed by atoms with E-state index >= 15 is 0 Å². The van der Waals surface area contributed by atoms with Crippen LogP contribution in [-0.4, -0.2) is 37.8 Å². The van der Waals surface area contributed by atoms with Gasteiger partial charge in [-0.1, -0.05) is 11.6 Å². The number of hydrogen-bond acceptors (Lipinski definition) is 6. The first kappa shape index (κ1) is 25.9. The number of urea groups is 1. The fraction of sp³-hybridized carbons (Fsp3) is 0.562. The fourth-order valence-electron chi connectivity index (χ4n) is 2.88. The van der Waals surface area contributed by atoms with Crippen LogP contribution in [0.3, 0.4) is 0 Å². The summed E-state index contributed by atoms with van der Waals surface area (Å²) in [4.78, 5) is 59.8. The first-order valence-electron chi connectivity index (χ1n) is 8.94. The number of amides is 4. The molecule has 1 saturated heterocycles. The molecule has 0 atom stereocenters. The van der Waals surface area contributed by atoms with Crippen molar-refractivity contribution in [2.45, 2.75) is 57.0 Å². The molecule has 1 aromatic heterocycles. The zero-order valence-electron chi connectivity index (χ0n) is 16.4. The molecule has 0 radical (unpaired) electrons. The molecule has 3 fully saturated rings. The molecule has 15 heteroatoms. The van der Waals surface area contributed by atoms with Gasteiger partial charge in [0.15, 0.2) is 0 Å². The van der Waals surface area contributed by atoms with Gasteiger partial charge in [-0.2, -0.15) is 0 Å². The number of aromatic amines is 1. The highest BCUT2D eigenvalue weighted by Crippen LogP contribution is 2.61. The topological polar surface area (TPSA) is 138 Å². The maximum Gasteiger partial charge on any atom is 0.339 e. The summed E-state index contributed by atoms with van der Waals surface area (Å²) in [6, 6.07) is 0.660. The number of aromatic nitrogens is 2. The molecule has 4 rings (SSSR count). The molecule has 2 heterocycles. The number of rotatable bonds is 2. The minimum Gasteiger partial charge on any atom is -0.298 e. The average Bonchev–Trinajstić information content (AvgIpc) is 3.44. The van der Waals surface area contributed by atoms with Gasteiger partial charge >= 0.3 is 16.9 Å². The van der Waals surface area contributed by atoms with Gasteiger partial charge < -0.3 is 0 Å². The quantitative estimate of drug-likeness (QED) is 0.337. The Morgan fingerprint density at radius 3 is 1.84 bits per heavy atom. The number of carbonyl (C=O) groups excluding carboxylic acids is 3. The van der Waals surface area contributed by atoms with Crippen LogP contribution in [-0.2, 0) is 19.7 Å². The number of halogens is 4. The van der Waals surface area contributed by atoms with Crippen molar-refractivity contribution < 1.29 is 18.9 Å². The summed E-state index contributed by atoms with van der Waals surface area (Å²) in [5.41, 5.74) is -1.36. The first-order chi connectivity index (χ1) is 14.1. The predicted octanol–water partition coefficient (Wildman–Crippen LogP) is 3.52. The normalized spacial score (nSPS) is 20.6. The molecular weight excluding hydrogens is 517 g/mol. The van der Waals surface area contributed by atoms with Crippen LogP contribution in [0.1, 0.15) is 46.0 Å². The zero-order valence-corrected chi connectivity index (χ0v) is 20.3. The summed E-state index contributed by atoms with van der Waals surface area (Å²) in [5.74, 6) is -0.885. The standard InChI is InChI=1S/C8H9ClN2O2.C8H10N2O3.Cl3OP/c1-8(2-3-8)11-6(12)4-5(9)10-7(11)13;1-8(2-3-8)10-6(12)4-5(11)9-7(10)13;1-5(2,3)4/h4H,2-3H2,1H3,(H,10,13);2-4H2,1H3,(H,9,11,13);. The molecule has 0 unspecified atom stereocenters. The Bertz CT molecular complexity index is 1010. The van der Waals surface area contributed by atoms with Gasteiger partial charge in [-0.15, -0.1) is 0 Å². The van der Waals surface area contributed by atoms with Crippen molar-refractivity contribution in [2.75, 3.05) is 0 Å². The Morgan fingerprint density at radius 1 is 0.968 bits per heavy atom. The molecule has 1 aliphatic heterocycles. The van der Waals surface area contributed by atoms with Crippen LogP contribution in [0.15, 0.2) is 15.7 Å². The van der Waals surface area contributed by atoms with E-state index < -0.39 is 22.8 Å². The minimum absolute atomic E-state index is 0.0931. The summed E-state index contributed by atoms with van der Waals surface area (Å²) >= 11 is 19.4. The third-order valence-electron chi connectivity index (χ3n) is 4.94. The van der Waals surface area contributed by atoms with Gasteiger partial charge in [0.2, 0.25) is 11.8 Å². The van der Waals surface area contributed by atoms with Gasteiger partial charge in [0, 0.05) is 11.6 Å². The zero-order chi connectivity index (χ0) is 23.8. The third-order valence-corrected chi connectivity index (χ3v) is 5.14. The summed E-state index contributed by atoms with van der Waals surface area (Å²) in [6.07, 6.45) is 3.21. The van der Waals surface area contributed by atoms with Crippen molar-refractivity contribution in [3.05, 3.63) is 32.1 Å². The molecule has 1 aromatic rings. The summed E-state index contributed by atoms with van der Waals surface area (Å²) < 4.78 is 10.7. The number of carbonyl (C=O) groups is 3. The van der Waals surface area contributed by atoms with Crippen molar-refractivity contribution in [2.24, 2.45) is 0 Å². The largest absolute Gasteiger partial charge is 0.339 e. The highest BCUT2D eigenvalue weighted by Gasteiger charge is 2.51. The predicted molar refractivity (Wildman–Crippen MR) is 117 cm³/mol. The SMILES string of the molecule is CC1(N2C(=O)CC(=O)NC2=O)CC1.CC1(n2c(=O)cc(Cl)[nH]c2=O)CC1.O=P(Cl)(Cl)Cl. The molecule has 0 bridgehead atoms. The van der Waals surface area contributed by atoms with Gasteiger partial charge in [0.25, 0.3) is 5.56 Å². The highest BCUT2D eigenvalue weighted by atomic mass is 36.0. The van der Waals surface area contributed by atoms with Gasteiger partial charge in [0.05, 0.1) is 5.54 Å². The molecule has 2 N–H and O–H groups in total. The van der Waals surface area contributed by atoms with Crippen LogP contribution in [0.2, 0.25) is 5.15 Å². The monoisotopic (exact) mass is 534 g/mol. The molecule has 4 amide bonds. The van der Waals surface area contributed by atoms with Gasteiger partial charge in [-0.05, 0) is 73.3 Å². The molecule has 31 heavy (non-hydrogen) atoms. The second kappa shape index (κ2) is 9.27. The Hall–Kier alpha value is -1.32. The first-order valence-corrected chi connectivity index (χ1v) is 13.7. The van der Waals surface area contributed by atoms with E-state index in [1.807, 2.05) is 13.8 Å². The maximum atomic E-state index is 11.4. The van der Waals surface area contributed by atoms with E-state index in [1.54, 1.807) is 0 Å². The summed E-state index contributed by atoms with van der Waals surface area (Å²) in [5, 5.41) is -0.996. The number of H-pyrrole nitrogens is 1. The Labute approximate surface area is 195 Å². The lowest BCUT2D eigenvalue weighted by atomic mass is 10.2. The fourth-order valence-corrected chi connectivity index (χ4v) is 3.06. The number of imide groups is 2. The second-order valence-electron chi connectivity index (χ2n) is 7.75. The van der Waals surface area contributed by atoms with Crippen molar-refractivity contribution in [3.63, 3.8) is 0 Å². The molecule has 3 aliphatic rings. The van der Waals surface area contributed by atoms with Crippen molar-refractivity contribution in [1.29, 1.82) is 0 Å². The van der Waals surface area contributed by atoms with Crippen LogP contribution in [0.4, 0.5) is 4.79 Å². The lowest BCUT2D eigenvalue weighted by Gasteiger charge is -2.30. The van der Waals surface area contributed by atoms with Gasteiger partial charge in [-0.3, -0.25) is 38.7 Å². The lowest BCUT2D eigenvalue weighted by Crippen LogP contribution is -2.56. The number of nitrogens with zero attached hydrogens (tertiary/aromatic N) is 2. The highest BCUT2D eigenvalue weighted by molar-refractivity contribution is 8.24. The smallest absolute Gasteiger partial charge is 0.298 e. The van der Waals surface area contributed by atoms with E-state index in [9.17, 15) is 28.5 Å². The molecule has 0 aromatic carbocycles. The van der Waals surface area contributed by atoms with Gasteiger partial charge in [-0.25, -0.2) is 9.59 Å². The molecule has 172 valence electrons. The van der Waals surface area contributed by atoms with Crippen LogP contribution in [0.25, 0.3) is 0 Å². The average molecular weight is 536 g/mol. The van der Waals surface area contributed by atoms with Crippen LogP contribution in [0.5, 0.6) is 0 Å². The Kier molecular flexibility index (Phi) is 7.76. The maximum absolute atomic E-state index is 11.4. The second-order valence-corrected chi connectivity index (χ2v) is 14.8. The Morgan fingerprint density at radius 2 is 1.45 bits per heavy atom. The van der Waals surface area contributed by atoms with Gasteiger partial charge in [0.1, 0.15) is 11.6 Å². The molecule has 10 nitrogen and oxygen atoms in total. The molecule has 0 spiro atoms. The molecule has 2 aliphatic carbocycles. The van der Waals surface area contributed by atoms with E-state index in [0.29, 0.717) is 0 Å². The van der Waals surface area contributed by atoms with Crippen molar-refractivity contribution in [3.8, 4) is 0 Å². The van der Waals surface area contributed by atoms with E-state index in [4.69, 9.17) is 11.6 Å². The number of barbiturate groups is 1. The van der Waals surface area contributed by atoms with E-state index in [-0.39, 0.29) is 34.1 Å². The van der Waals surface area contributed by atoms with Crippen molar-refractivity contribution in [1.82, 2.24) is 19.8 Å². The number of nitrogens with one attached hydrogen (secondary N) is 2. The summed E-state index contributed by atoms with van der Waals surface area (Å²) in [6.45, 7) is 3.73. The minimum atomic E-state index is -3.22. The van der Waals surface area contributed by atoms with E-state index in [1.165, 1.54) is 15.5 Å². The molecule has 2 saturated carbocycles. The number of hydrogen-bond donors (Lipinski definition) is 2. The Balaban J connectivity index is 0.000000182. The van der Waals surface area contributed by atoms with Crippen LogP contribution >= 0.6 is 50.5 Å². The third kappa shape index (κ3) is 7.36. The van der Waals surface area contributed by atoms with E-state index in [0.717, 1.165) is 25.7 Å². The van der Waals surface area contributed by atoms with Crippen LogP contribution < -0.4 is 16.6 Å². The van der Waals surface area contributed by atoms with Crippen molar-refractivity contribution >= 4 is 68.4 Å².